The average Bonchev–Trinajstić information content (AvgIpc) is 2.53. The number of aryl methyl sites for hydroxylation is 1. The van der Waals surface area contributed by atoms with Crippen molar-refractivity contribution in [2.24, 2.45) is 0 Å². The number of aromatic nitrogens is 4. The maximum absolute atomic E-state index is 5.77. The van der Waals surface area contributed by atoms with Crippen molar-refractivity contribution in [1.29, 1.82) is 0 Å². The fourth-order valence-electron chi connectivity index (χ4n) is 0.866. The van der Waals surface area contributed by atoms with Gasteiger partial charge >= 0.3 is 0 Å². The Morgan fingerprint density at radius 1 is 1.31 bits per heavy atom. The molecule has 0 aliphatic carbocycles. The van der Waals surface area contributed by atoms with Crippen molar-refractivity contribution in [3.05, 3.63) is 23.4 Å². The normalized spacial score (nSPS) is 10.3. The van der Waals surface area contributed by atoms with Crippen LogP contribution in [0.25, 0.3) is 11.5 Å². The van der Waals surface area contributed by atoms with Crippen LogP contribution in [-0.4, -0.2) is 20.1 Å². The molecule has 0 fully saturated rings. The Morgan fingerprint density at radius 2 is 2.08 bits per heavy atom. The van der Waals surface area contributed by atoms with E-state index in [1.807, 2.05) is 0 Å². The summed E-state index contributed by atoms with van der Waals surface area (Å²) in [4.78, 5) is 11.8. The van der Waals surface area contributed by atoms with Crippen LogP contribution in [0.4, 0.5) is 0 Å². The second-order valence-electron chi connectivity index (χ2n) is 2.33. The van der Waals surface area contributed by atoms with Gasteiger partial charge in [0.1, 0.15) is 5.69 Å². The van der Waals surface area contributed by atoms with E-state index in [0.29, 0.717) is 17.4 Å². The molecule has 2 aromatic heterocycles. The van der Waals surface area contributed by atoms with Crippen LogP contribution in [-0.2, 0) is 0 Å². The summed E-state index contributed by atoms with van der Waals surface area (Å²) in [7, 11) is 0. The minimum atomic E-state index is 0.267. The first kappa shape index (κ1) is 8.12. The third-order valence-corrected chi connectivity index (χ3v) is 1.67. The van der Waals surface area contributed by atoms with Crippen LogP contribution in [0.2, 0.25) is 5.15 Å². The van der Waals surface area contributed by atoms with Gasteiger partial charge in [-0.25, -0.2) is 9.97 Å². The zero-order valence-corrected chi connectivity index (χ0v) is 7.49. The first-order valence-electron chi connectivity index (χ1n) is 3.54. The molecule has 0 aliphatic rings. The maximum Gasteiger partial charge on any atom is 0.224 e. The van der Waals surface area contributed by atoms with Crippen LogP contribution in [0.1, 0.15) is 5.89 Å². The molecular formula is C7H5ClN4O. The van der Waals surface area contributed by atoms with Gasteiger partial charge in [0.2, 0.25) is 11.7 Å². The number of halogens is 1. The van der Waals surface area contributed by atoms with Gasteiger partial charge in [-0.1, -0.05) is 16.8 Å². The fourth-order valence-corrected chi connectivity index (χ4v) is 1.06. The Balaban J connectivity index is 2.52. The SMILES string of the molecule is Cc1nc(-c2nccnc2Cl)no1. The maximum atomic E-state index is 5.77. The van der Waals surface area contributed by atoms with Gasteiger partial charge in [-0.2, -0.15) is 4.98 Å². The van der Waals surface area contributed by atoms with Gasteiger partial charge in [0, 0.05) is 19.3 Å². The quantitative estimate of drug-likeness (QED) is 0.691. The first-order chi connectivity index (χ1) is 6.27. The van der Waals surface area contributed by atoms with Crippen LogP contribution in [0.3, 0.4) is 0 Å². The lowest BCUT2D eigenvalue weighted by Gasteiger charge is -1.93. The van der Waals surface area contributed by atoms with E-state index in [-0.39, 0.29) is 5.15 Å². The molecule has 0 radical (unpaired) electrons. The number of hydrogen-bond acceptors (Lipinski definition) is 5. The van der Waals surface area contributed by atoms with E-state index in [4.69, 9.17) is 16.1 Å². The van der Waals surface area contributed by atoms with E-state index in [2.05, 4.69) is 20.1 Å². The van der Waals surface area contributed by atoms with Gasteiger partial charge in [0.05, 0.1) is 0 Å². The molecule has 0 atom stereocenters. The van der Waals surface area contributed by atoms with Crippen molar-refractivity contribution in [2.45, 2.75) is 6.92 Å². The van der Waals surface area contributed by atoms with Gasteiger partial charge in [-0.3, -0.25) is 0 Å². The molecule has 0 unspecified atom stereocenters. The molecule has 2 aromatic rings. The number of nitrogens with zero attached hydrogens (tertiary/aromatic N) is 4. The highest BCUT2D eigenvalue weighted by Gasteiger charge is 2.11. The second kappa shape index (κ2) is 3.10. The van der Waals surface area contributed by atoms with Gasteiger partial charge in [-0.15, -0.1) is 0 Å². The summed E-state index contributed by atoms with van der Waals surface area (Å²) < 4.78 is 4.79. The molecule has 0 amide bonds. The van der Waals surface area contributed by atoms with Gasteiger partial charge in [-0.05, 0) is 0 Å². The monoisotopic (exact) mass is 196 g/mol. The Kier molecular flexibility index (Phi) is 1.94. The highest BCUT2D eigenvalue weighted by atomic mass is 35.5. The third kappa shape index (κ3) is 1.50. The Labute approximate surface area is 78.8 Å². The molecule has 0 saturated carbocycles. The molecule has 0 bridgehead atoms. The molecule has 5 nitrogen and oxygen atoms in total. The molecular weight excluding hydrogens is 192 g/mol. The first-order valence-corrected chi connectivity index (χ1v) is 3.92. The highest BCUT2D eigenvalue weighted by molar-refractivity contribution is 6.31. The van der Waals surface area contributed by atoms with E-state index >= 15 is 0 Å². The zero-order chi connectivity index (χ0) is 9.26. The average molecular weight is 197 g/mol. The molecule has 2 rings (SSSR count). The van der Waals surface area contributed by atoms with E-state index in [1.165, 1.54) is 12.4 Å². The van der Waals surface area contributed by atoms with Crippen LogP contribution in [0, 0.1) is 6.92 Å². The molecule has 2 heterocycles. The smallest absolute Gasteiger partial charge is 0.224 e. The van der Waals surface area contributed by atoms with Crippen LogP contribution in [0.15, 0.2) is 16.9 Å². The third-order valence-electron chi connectivity index (χ3n) is 1.39. The molecule has 0 aliphatic heterocycles. The zero-order valence-electron chi connectivity index (χ0n) is 6.73. The van der Waals surface area contributed by atoms with Gasteiger partial charge in [0.25, 0.3) is 0 Å². The minimum Gasteiger partial charge on any atom is -0.339 e. The van der Waals surface area contributed by atoms with Crippen LogP contribution in [0.5, 0.6) is 0 Å². The lowest BCUT2D eigenvalue weighted by molar-refractivity contribution is 0.394. The molecule has 0 N–H and O–H groups in total. The Hall–Kier alpha value is -1.49. The molecule has 6 heteroatoms. The van der Waals surface area contributed by atoms with Crippen molar-refractivity contribution < 1.29 is 4.52 Å². The largest absolute Gasteiger partial charge is 0.339 e. The topological polar surface area (TPSA) is 64.7 Å². The second-order valence-corrected chi connectivity index (χ2v) is 2.69. The minimum absolute atomic E-state index is 0.267. The highest BCUT2D eigenvalue weighted by Crippen LogP contribution is 2.19. The Morgan fingerprint density at radius 3 is 2.69 bits per heavy atom. The molecule has 13 heavy (non-hydrogen) atoms. The van der Waals surface area contributed by atoms with Crippen LogP contribution < -0.4 is 0 Å². The van der Waals surface area contributed by atoms with E-state index < -0.39 is 0 Å². The van der Waals surface area contributed by atoms with Crippen molar-refractivity contribution in [2.75, 3.05) is 0 Å². The number of hydrogen-bond donors (Lipinski definition) is 0. The standard InChI is InChI=1S/C7H5ClN4O/c1-4-11-7(12-13-4)5-6(8)10-3-2-9-5/h2-3H,1H3. The summed E-state index contributed by atoms with van der Waals surface area (Å²) in [6, 6.07) is 0. The van der Waals surface area contributed by atoms with E-state index in [1.54, 1.807) is 6.92 Å². The van der Waals surface area contributed by atoms with Gasteiger partial charge < -0.3 is 4.52 Å². The molecule has 0 aromatic carbocycles. The predicted octanol–water partition coefficient (Wildman–Crippen LogP) is 1.49. The number of rotatable bonds is 1. The summed E-state index contributed by atoms with van der Waals surface area (Å²) >= 11 is 5.77. The molecule has 0 saturated heterocycles. The fraction of sp³-hybridized carbons (Fsp3) is 0.143. The lowest BCUT2D eigenvalue weighted by Crippen LogP contribution is -1.88. The summed E-state index contributed by atoms with van der Waals surface area (Å²) in [5, 5.41) is 3.94. The lowest BCUT2D eigenvalue weighted by atomic mass is 10.4. The van der Waals surface area contributed by atoms with Crippen molar-refractivity contribution in [3.63, 3.8) is 0 Å². The van der Waals surface area contributed by atoms with Crippen molar-refractivity contribution in [3.8, 4) is 11.5 Å². The molecule has 0 spiro atoms. The van der Waals surface area contributed by atoms with Crippen molar-refractivity contribution in [1.82, 2.24) is 20.1 Å². The van der Waals surface area contributed by atoms with E-state index in [0.717, 1.165) is 0 Å². The van der Waals surface area contributed by atoms with Crippen LogP contribution >= 0.6 is 11.6 Å². The summed E-state index contributed by atoms with van der Waals surface area (Å²) in [6.07, 6.45) is 3.02. The van der Waals surface area contributed by atoms with Gasteiger partial charge in [0.15, 0.2) is 5.15 Å². The Bertz CT molecular complexity index is 428. The van der Waals surface area contributed by atoms with Crippen molar-refractivity contribution >= 4 is 11.6 Å². The predicted molar refractivity (Wildman–Crippen MR) is 45.1 cm³/mol. The van der Waals surface area contributed by atoms with E-state index in [9.17, 15) is 0 Å². The summed E-state index contributed by atoms with van der Waals surface area (Å²) in [6.45, 7) is 1.70. The molecule has 66 valence electrons. The summed E-state index contributed by atoms with van der Waals surface area (Å²) in [5.74, 6) is 0.826. The summed E-state index contributed by atoms with van der Waals surface area (Å²) in [5.41, 5.74) is 0.431.